The smallest absolute Gasteiger partial charge is 0.225 e. The number of nitrogens with zero attached hydrogens (tertiary/aromatic N) is 2. The van der Waals surface area contributed by atoms with Crippen molar-refractivity contribution >= 4 is 5.91 Å². The normalized spacial score (nSPS) is 19.5. The van der Waals surface area contributed by atoms with Gasteiger partial charge in [0.05, 0.1) is 31.4 Å². The fraction of sp³-hybridized carbons (Fsp3) is 0.538. The molecule has 1 aliphatic heterocycles. The predicted octanol–water partition coefficient (Wildman–Crippen LogP) is 0.418. The van der Waals surface area contributed by atoms with Gasteiger partial charge >= 0.3 is 0 Å². The molecule has 18 heavy (non-hydrogen) atoms. The Balaban J connectivity index is 1.81. The van der Waals surface area contributed by atoms with Gasteiger partial charge in [0.15, 0.2) is 0 Å². The molecule has 0 aromatic carbocycles. The summed E-state index contributed by atoms with van der Waals surface area (Å²) in [4.78, 5) is 17.9. The van der Waals surface area contributed by atoms with Crippen LogP contribution in [-0.4, -0.2) is 48.6 Å². The summed E-state index contributed by atoms with van der Waals surface area (Å²) in [5, 5.41) is 3.22. The second-order valence-corrected chi connectivity index (χ2v) is 4.47. The van der Waals surface area contributed by atoms with E-state index in [0.717, 1.165) is 18.8 Å². The lowest BCUT2D eigenvalue weighted by Crippen LogP contribution is -2.41. The third kappa shape index (κ3) is 3.78. The predicted molar refractivity (Wildman–Crippen MR) is 67.9 cm³/mol. The first kappa shape index (κ1) is 13.0. The molecule has 2 rings (SSSR count). The third-order valence-corrected chi connectivity index (χ3v) is 2.96. The van der Waals surface area contributed by atoms with E-state index >= 15 is 0 Å². The number of hydrogen-bond donors (Lipinski definition) is 1. The number of ether oxygens (including phenoxy) is 1. The lowest BCUT2D eigenvalue weighted by atomic mass is 10.2. The molecule has 1 unspecified atom stereocenters. The Morgan fingerprint density at radius 3 is 3.17 bits per heavy atom. The van der Waals surface area contributed by atoms with Crippen molar-refractivity contribution in [1.29, 1.82) is 0 Å². The lowest BCUT2D eigenvalue weighted by Gasteiger charge is -2.25. The summed E-state index contributed by atoms with van der Waals surface area (Å²) in [7, 11) is 1.80. The van der Waals surface area contributed by atoms with Gasteiger partial charge in [0.1, 0.15) is 0 Å². The first-order chi connectivity index (χ1) is 8.75. The molecule has 1 aromatic rings. The quantitative estimate of drug-likeness (QED) is 0.840. The Bertz CT molecular complexity index is 377. The molecular weight excluding hydrogens is 230 g/mol. The highest BCUT2D eigenvalue weighted by molar-refractivity contribution is 5.76. The van der Waals surface area contributed by atoms with Crippen LogP contribution in [0, 0.1) is 0 Å². The van der Waals surface area contributed by atoms with Crippen molar-refractivity contribution in [2.75, 3.05) is 26.7 Å². The second kappa shape index (κ2) is 6.47. The summed E-state index contributed by atoms with van der Waals surface area (Å²) in [6.45, 7) is 2.85. The first-order valence-electron chi connectivity index (χ1n) is 6.22. The summed E-state index contributed by atoms with van der Waals surface area (Å²) in [6, 6.07) is 5.71. The average molecular weight is 249 g/mol. The number of morpholine rings is 1. The summed E-state index contributed by atoms with van der Waals surface area (Å²) in [6.07, 6.45) is 2.16. The molecule has 5 heteroatoms. The molecule has 1 fully saturated rings. The molecule has 1 aromatic heterocycles. The topological polar surface area (TPSA) is 54.5 Å². The summed E-state index contributed by atoms with van der Waals surface area (Å²) < 4.78 is 5.52. The molecule has 0 saturated carbocycles. The van der Waals surface area contributed by atoms with Crippen LogP contribution in [0.25, 0.3) is 0 Å². The van der Waals surface area contributed by atoms with Gasteiger partial charge in [-0.25, -0.2) is 0 Å². The maximum Gasteiger partial charge on any atom is 0.225 e. The van der Waals surface area contributed by atoms with Crippen LogP contribution in [0.15, 0.2) is 24.4 Å². The maximum absolute atomic E-state index is 12.0. The Hall–Kier alpha value is -1.46. The molecular formula is C13H19N3O2. The average Bonchev–Trinajstić information content (AvgIpc) is 2.41. The number of nitrogens with one attached hydrogen (secondary N) is 1. The molecule has 0 radical (unpaired) electrons. The fourth-order valence-electron chi connectivity index (χ4n) is 1.92. The van der Waals surface area contributed by atoms with Crippen LogP contribution in [0.2, 0.25) is 0 Å². The van der Waals surface area contributed by atoms with Crippen molar-refractivity contribution in [2.24, 2.45) is 0 Å². The van der Waals surface area contributed by atoms with Crippen molar-refractivity contribution in [1.82, 2.24) is 15.2 Å². The van der Waals surface area contributed by atoms with Gasteiger partial charge in [-0.15, -0.1) is 0 Å². The van der Waals surface area contributed by atoms with Gasteiger partial charge in [-0.1, -0.05) is 6.07 Å². The Morgan fingerprint density at radius 2 is 2.50 bits per heavy atom. The van der Waals surface area contributed by atoms with Crippen LogP contribution in [0.4, 0.5) is 0 Å². The highest BCUT2D eigenvalue weighted by Crippen LogP contribution is 2.06. The lowest BCUT2D eigenvalue weighted by molar-refractivity contribution is -0.134. The van der Waals surface area contributed by atoms with E-state index < -0.39 is 0 Å². The third-order valence-electron chi connectivity index (χ3n) is 2.96. The van der Waals surface area contributed by atoms with Crippen molar-refractivity contribution in [3.8, 4) is 0 Å². The molecule has 2 heterocycles. The molecule has 1 atom stereocenters. The standard InChI is InChI=1S/C13H19N3O2/c1-16(10-11-4-2-3-5-15-11)13(17)8-12-9-14-6-7-18-12/h2-5,12,14H,6-10H2,1H3. The highest BCUT2D eigenvalue weighted by atomic mass is 16.5. The van der Waals surface area contributed by atoms with Gasteiger partial charge in [0.25, 0.3) is 0 Å². The molecule has 1 aliphatic rings. The van der Waals surface area contributed by atoms with E-state index in [-0.39, 0.29) is 12.0 Å². The van der Waals surface area contributed by atoms with E-state index in [9.17, 15) is 4.79 Å². The number of amides is 1. The zero-order chi connectivity index (χ0) is 12.8. The molecule has 98 valence electrons. The number of carbonyl (C=O) groups excluding carboxylic acids is 1. The number of pyridine rings is 1. The van der Waals surface area contributed by atoms with Crippen LogP contribution in [0.5, 0.6) is 0 Å². The van der Waals surface area contributed by atoms with E-state index in [2.05, 4.69) is 10.3 Å². The fourth-order valence-corrected chi connectivity index (χ4v) is 1.92. The minimum absolute atomic E-state index is 0.00238. The minimum atomic E-state index is -0.00238. The van der Waals surface area contributed by atoms with Gasteiger partial charge in [-0.2, -0.15) is 0 Å². The van der Waals surface area contributed by atoms with Crippen molar-refractivity contribution in [3.63, 3.8) is 0 Å². The highest BCUT2D eigenvalue weighted by Gasteiger charge is 2.19. The van der Waals surface area contributed by atoms with Crippen LogP contribution in [-0.2, 0) is 16.1 Å². The molecule has 0 spiro atoms. The molecule has 0 aliphatic carbocycles. The summed E-state index contributed by atoms with van der Waals surface area (Å²) in [5.74, 6) is 0.0920. The second-order valence-electron chi connectivity index (χ2n) is 4.47. The molecule has 1 N–H and O–H groups in total. The van der Waals surface area contributed by atoms with Crippen LogP contribution < -0.4 is 5.32 Å². The molecule has 0 bridgehead atoms. The number of carbonyl (C=O) groups is 1. The maximum atomic E-state index is 12.0. The Morgan fingerprint density at radius 1 is 1.61 bits per heavy atom. The van der Waals surface area contributed by atoms with Gasteiger partial charge < -0.3 is 15.0 Å². The Labute approximate surface area is 107 Å². The van der Waals surface area contributed by atoms with E-state index in [1.54, 1.807) is 18.1 Å². The van der Waals surface area contributed by atoms with Crippen LogP contribution in [0.3, 0.4) is 0 Å². The number of hydrogen-bond acceptors (Lipinski definition) is 4. The molecule has 1 amide bonds. The van der Waals surface area contributed by atoms with Gasteiger partial charge in [0, 0.05) is 26.3 Å². The first-order valence-corrected chi connectivity index (χ1v) is 6.22. The van der Waals surface area contributed by atoms with Crippen molar-refractivity contribution in [3.05, 3.63) is 30.1 Å². The van der Waals surface area contributed by atoms with Crippen LogP contribution in [0.1, 0.15) is 12.1 Å². The molecule has 5 nitrogen and oxygen atoms in total. The summed E-state index contributed by atoms with van der Waals surface area (Å²) >= 11 is 0. The minimum Gasteiger partial charge on any atom is -0.375 e. The monoisotopic (exact) mass is 249 g/mol. The van der Waals surface area contributed by atoms with E-state index in [1.807, 2.05) is 18.2 Å². The number of rotatable bonds is 4. The van der Waals surface area contributed by atoms with E-state index in [1.165, 1.54) is 0 Å². The zero-order valence-corrected chi connectivity index (χ0v) is 10.6. The van der Waals surface area contributed by atoms with E-state index in [4.69, 9.17) is 4.74 Å². The van der Waals surface area contributed by atoms with Gasteiger partial charge in [-0.05, 0) is 12.1 Å². The molecule has 1 saturated heterocycles. The number of aromatic nitrogens is 1. The zero-order valence-electron chi connectivity index (χ0n) is 10.6. The Kier molecular flexibility index (Phi) is 4.66. The summed E-state index contributed by atoms with van der Waals surface area (Å²) in [5.41, 5.74) is 0.899. The SMILES string of the molecule is CN(Cc1ccccn1)C(=O)CC1CNCCO1. The van der Waals surface area contributed by atoms with Crippen molar-refractivity contribution < 1.29 is 9.53 Å². The van der Waals surface area contributed by atoms with Gasteiger partial charge in [0.2, 0.25) is 5.91 Å². The van der Waals surface area contributed by atoms with Crippen LogP contribution >= 0.6 is 0 Å². The van der Waals surface area contributed by atoms with Gasteiger partial charge in [-0.3, -0.25) is 9.78 Å². The van der Waals surface area contributed by atoms with Crippen molar-refractivity contribution in [2.45, 2.75) is 19.1 Å². The largest absolute Gasteiger partial charge is 0.375 e. The van der Waals surface area contributed by atoms with E-state index in [0.29, 0.717) is 19.6 Å².